The van der Waals surface area contributed by atoms with E-state index in [0.29, 0.717) is 0 Å². The fraction of sp³-hybridized carbons (Fsp3) is 0.444. The molecule has 21 heavy (non-hydrogen) atoms. The van der Waals surface area contributed by atoms with E-state index in [1.807, 2.05) is 38.1 Å². The summed E-state index contributed by atoms with van der Waals surface area (Å²) < 4.78 is 0. The number of hydrogen-bond acceptors (Lipinski definition) is 2. The molecule has 0 amide bonds. The quantitative estimate of drug-likeness (QED) is 0.858. The van der Waals surface area contributed by atoms with E-state index >= 15 is 0 Å². The summed E-state index contributed by atoms with van der Waals surface area (Å²) in [6, 6.07) is 7.61. The minimum absolute atomic E-state index is 0.0812. The van der Waals surface area contributed by atoms with Crippen LogP contribution in [-0.2, 0) is 16.0 Å². The Balaban J connectivity index is 2.07. The number of carboxylic acids is 1. The summed E-state index contributed by atoms with van der Waals surface area (Å²) in [5, 5.41) is 9.00. The molecule has 3 nitrogen and oxygen atoms in total. The second-order valence-electron chi connectivity index (χ2n) is 6.08. The van der Waals surface area contributed by atoms with Crippen LogP contribution in [0, 0.1) is 5.92 Å². The van der Waals surface area contributed by atoms with Crippen molar-refractivity contribution in [3.05, 3.63) is 46.5 Å². The van der Waals surface area contributed by atoms with Crippen molar-refractivity contribution in [2.24, 2.45) is 5.92 Å². The van der Waals surface area contributed by atoms with Crippen LogP contribution >= 0.6 is 0 Å². The molecule has 1 aromatic carbocycles. The van der Waals surface area contributed by atoms with Crippen molar-refractivity contribution < 1.29 is 14.7 Å². The number of rotatable bonds is 4. The van der Waals surface area contributed by atoms with Crippen LogP contribution in [0.3, 0.4) is 0 Å². The number of benzene rings is 1. The first-order valence-corrected chi connectivity index (χ1v) is 7.42. The van der Waals surface area contributed by atoms with Gasteiger partial charge in [0.15, 0.2) is 5.78 Å². The van der Waals surface area contributed by atoms with Crippen LogP contribution in [0.1, 0.15) is 50.7 Å². The Kier molecular flexibility index (Phi) is 4.61. The monoisotopic (exact) mass is 286 g/mol. The molecule has 1 aliphatic carbocycles. The fourth-order valence-electron chi connectivity index (χ4n) is 2.88. The molecule has 0 radical (unpaired) electrons. The zero-order valence-corrected chi connectivity index (χ0v) is 12.8. The Morgan fingerprint density at radius 2 is 1.90 bits per heavy atom. The van der Waals surface area contributed by atoms with Crippen LogP contribution in [0.2, 0.25) is 0 Å². The largest absolute Gasteiger partial charge is 0.481 e. The number of carbonyl (C=O) groups is 2. The summed E-state index contributed by atoms with van der Waals surface area (Å²) in [6.07, 6.45) is 2.56. The van der Waals surface area contributed by atoms with Gasteiger partial charge in [-0.1, -0.05) is 29.8 Å². The highest BCUT2D eigenvalue weighted by Gasteiger charge is 2.29. The Morgan fingerprint density at radius 3 is 2.38 bits per heavy atom. The van der Waals surface area contributed by atoms with Gasteiger partial charge in [0.25, 0.3) is 0 Å². The van der Waals surface area contributed by atoms with Gasteiger partial charge in [0.1, 0.15) is 0 Å². The first-order valence-electron chi connectivity index (χ1n) is 7.42. The maximum absolute atomic E-state index is 12.3. The number of carbonyl (C=O) groups excluding carboxylic acids is 1. The summed E-state index contributed by atoms with van der Waals surface area (Å²) in [5.41, 5.74) is 4.03. The van der Waals surface area contributed by atoms with Crippen LogP contribution in [-0.4, -0.2) is 16.9 Å². The molecule has 1 N–H and O–H groups in total. The third-order valence-corrected chi connectivity index (χ3v) is 4.35. The number of hydrogen-bond donors (Lipinski definition) is 1. The van der Waals surface area contributed by atoms with Gasteiger partial charge in [-0.3, -0.25) is 9.59 Å². The molecule has 0 spiro atoms. The molecular weight excluding hydrogens is 264 g/mol. The zero-order valence-electron chi connectivity index (χ0n) is 12.8. The summed E-state index contributed by atoms with van der Waals surface area (Å²) in [6.45, 7) is 5.67. The van der Waals surface area contributed by atoms with Gasteiger partial charge < -0.3 is 5.11 Å². The van der Waals surface area contributed by atoms with E-state index in [4.69, 9.17) is 5.11 Å². The first-order chi connectivity index (χ1) is 9.90. The van der Waals surface area contributed by atoms with Crippen LogP contribution in [0.25, 0.3) is 0 Å². The molecule has 2 rings (SSSR count). The molecule has 0 saturated heterocycles. The van der Waals surface area contributed by atoms with Crippen molar-refractivity contribution in [2.45, 2.75) is 46.0 Å². The molecule has 3 heteroatoms. The number of ketones is 1. The smallest absolute Gasteiger partial charge is 0.310 e. The molecular formula is C18H22O3. The predicted molar refractivity (Wildman–Crippen MR) is 82.3 cm³/mol. The fourth-order valence-corrected chi connectivity index (χ4v) is 2.88. The summed E-state index contributed by atoms with van der Waals surface area (Å²) >= 11 is 0. The van der Waals surface area contributed by atoms with Crippen LogP contribution < -0.4 is 0 Å². The molecule has 1 saturated carbocycles. The van der Waals surface area contributed by atoms with Gasteiger partial charge in [-0.2, -0.15) is 0 Å². The third-order valence-electron chi connectivity index (χ3n) is 4.35. The molecule has 1 aromatic rings. The van der Waals surface area contributed by atoms with Gasteiger partial charge in [0, 0.05) is 5.92 Å². The molecule has 112 valence electrons. The molecule has 2 atom stereocenters. The van der Waals surface area contributed by atoms with Gasteiger partial charge in [0.05, 0.1) is 5.92 Å². The summed E-state index contributed by atoms with van der Waals surface area (Å²) in [5.74, 6) is -0.943. The normalized spacial score (nSPS) is 19.7. The molecule has 0 aromatic heterocycles. The lowest BCUT2D eigenvalue weighted by Crippen LogP contribution is -2.12. The third kappa shape index (κ3) is 3.41. The maximum atomic E-state index is 12.3. The molecule has 0 aliphatic heterocycles. The minimum atomic E-state index is -0.818. The number of Topliss-reactive ketones (excluding diaryl/α,β-unsaturated/α-hetero) is 1. The Labute approximate surface area is 125 Å². The molecule has 0 bridgehead atoms. The van der Waals surface area contributed by atoms with Gasteiger partial charge in [0.2, 0.25) is 0 Å². The van der Waals surface area contributed by atoms with Crippen molar-refractivity contribution in [1.82, 2.24) is 0 Å². The maximum Gasteiger partial charge on any atom is 0.310 e. The highest BCUT2D eigenvalue weighted by Crippen LogP contribution is 2.31. The van der Waals surface area contributed by atoms with Gasteiger partial charge in [-0.25, -0.2) is 0 Å². The van der Waals surface area contributed by atoms with E-state index in [0.717, 1.165) is 41.5 Å². The van der Waals surface area contributed by atoms with Crippen LogP contribution in [0.4, 0.5) is 0 Å². The summed E-state index contributed by atoms with van der Waals surface area (Å²) in [7, 11) is 0. The highest BCUT2D eigenvalue weighted by molar-refractivity contribution is 6.00. The van der Waals surface area contributed by atoms with Crippen LogP contribution in [0.15, 0.2) is 35.4 Å². The minimum Gasteiger partial charge on any atom is -0.481 e. The molecule has 2 unspecified atom stereocenters. The van der Waals surface area contributed by atoms with E-state index in [9.17, 15) is 9.59 Å². The average Bonchev–Trinajstić information content (AvgIpc) is 2.80. The van der Waals surface area contributed by atoms with Crippen molar-refractivity contribution in [1.29, 1.82) is 0 Å². The standard InChI is InChI=1S/C18H22O3/c1-11(2)16-9-8-15(17(16)19)10-13-4-6-14(7-5-13)12(3)18(20)21/h4-7,12,15H,8-10H2,1-3H3,(H,20,21). The topological polar surface area (TPSA) is 54.4 Å². The van der Waals surface area contributed by atoms with Gasteiger partial charge in [-0.15, -0.1) is 0 Å². The first kappa shape index (κ1) is 15.5. The summed E-state index contributed by atoms with van der Waals surface area (Å²) in [4.78, 5) is 23.2. The second-order valence-corrected chi connectivity index (χ2v) is 6.08. The van der Waals surface area contributed by atoms with Gasteiger partial charge >= 0.3 is 5.97 Å². The molecule has 1 fully saturated rings. The van der Waals surface area contributed by atoms with Crippen molar-refractivity contribution >= 4 is 11.8 Å². The van der Waals surface area contributed by atoms with E-state index in [2.05, 4.69) is 0 Å². The van der Waals surface area contributed by atoms with E-state index in [1.54, 1.807) is 6.92 Å². The number of carboxylic acid groups (broad SMARTS) is 1. The van der Waals surface area contributed by atoms with Gasteiger partial charge in [-0.05, 0) is 56.7 Å². The second kappa shape index (κ2) is 6.25. The number of allylic oxidation sites excluding steroid dienone is 2. The van der Waals surface area contributed by atoms with E-state index < -0.39 is 11.9 Å². The highest BCUT2D eigenvalue weighted by atomic mass is 16.4. The number of aliphatic carboxylic acids is 1. The SMILES string of the molecule is CC(C)=C1CCC(Cc2ccc(C(C)C(=O)O)cc2)C1=O. The Bertz CT molecular complexity index is 577. The lowest BCUT2D eigenvalue weighted by atomic mass is 9.93. The zero-order chi connectivity index (χ0) is 15.6. The molecule has 1 aliphatic rings. The predicted octanol–water partition coefficient (Wildman–Crippen LogP) is 3.73. The van der Waals surface area contributed by atoms with Crippen LogP contribution in [0.5, 0.6) is 0 Å². The lowest BCUT2D eigenvalue weighted by molar-refractivity contribution is -0.138. The van der Waals surface area contributed by atoms with Crippen molar-refractivity contribution in [3.63, 3.8) is 0 Å². The van der Waals surface area contributed by atoms with Crippen molar-refractivity contribution in [2.75, 3.05) is 0 Å². The lowest BCUT2D eigenvalue weighted by Gasteiger charge is -2.10. The van der Waals surface area contributed by atoms with E-state index in [1.165, 1.54) is 0 Å². The Morgan fingerprint density at radius 1 is 1.29 bits per heavy atom. The van der Waals surface area contributed by atoms with E-state index in [-0.39, 0.29) is 11.7 Å². The molecule has 0 heterocycles. The van der Waals surface area contributed by atoms with Crippen molar-refractivity contribution in [3.8, 4) is 0 Å². The average molecular weight is 286 g/mol. The Hall–Kier alpha value is -1.90.